The number of anilines is 1. The van der Waals surface area contributed by atoms with Crippen LogP contribution in [0.25, 0.3) is 10.6 Å². The molecule has 8 heteroatoms. The minimum atomic E-state index is -0.681. The van der Waals surface area contributed by atoms with E-state index in [-0.39, 0.29) is 17.7 Å². The maximum Gasteiger partial charge on any atom is 0.251 e. The van der Waals surface area contributed by atoms with E-state index >= 15 is 0 Å². The van der Waals surface area contributed by atoms with Crippen LogP contribution in [0.1, 0.15) is 62.4 Å². The third-order valence-electron chi connectivity index (χ3n) is 5.79. The molecule has 180 valence electrons. The summed E-state index contributed by atoms with van der Waals surface area (Å²) in [6.45, 7) is 6.14. The van der Waals surface area contributed by atoms with E-state index in [1.807, 2.05) is 62.4 Å². The highest BCUT2D eigenvalue weighted by Gasteiger charge is 2.27. The molecule has 34 heavy (non-hydrogen) atoms. The average Bonchev–Trinajstić information content (AvgIpc) is 3.31. The number of halogens is 1. The van der Waals surface area contributed by atoms with Gasteiger partial charge in [0.1, 0.15) is 11.0 Å². The third kappa shape index (κ3) is 7.21. The van der Waals surface area contributed by atoms with Crippen molar-refractivity contribution in [2.45, 2.75) is 58.9 Å². The molecule has 3 rings (SSSR count). The number of hydrogen-bond donors (Lipinski definition) is 2. The van der Waals surface area contributed by atoms with Gasteiger partial charge >= 0.3 is 0 Å². The molecule has 0 unspecified atom stereocenters. The summed E-state index contributed by atoms with van der Waals surface area (Å²) < 4.78 is 0.944. The van der Waals surface area contributed by atoms with Gasteiger partial charge in [0.2, 0.25) is 11.0 Å². The van der Waals surface area contributed by atoms with Crippen molar-refractivity contribution in [2.75, 3.05) is 5.32 Å². The van der Waals surface area contributed by atoms with Gasteiger partial charge in [0, 0.05) is 15.6 Å². The second-order valence-electron chi connectivity index (χ2n) is 8.40. The first-order valence-electron chi connectivity index (χ1n) is 11.7. The maximum atomic E-state index is 13.1. The zero-order valence-electron chi connectivity index (χ0n) is 19.8. The Morgan fingerprint density at radius 3 is 2.50 bits per heavy atom. The van der Waals surface area contributed by atoms with Crippen molar-refractivity contribution in [2.24, 2.45) is 5.92 Å². The van der Waals surface area contributed by atoms with Crippen LogP contribution in [-0.4, -0.2) is 28.1 Å². The molecule has 1 aromatic heterocycles. The van der Waals surface area contributed by atoms with Crippen LogP contribution in [0.15, 0.2) is 53.0 Å². The highest BCUT2D eigenvalue weighted by molar-refractivity contribution is 9.10. The van der Waals surface area contributed by atoms with Crippen LogP contribution < -0.4 is 10.6 Å². The van der Waals surface area contributed by atoms with Crippen molar-refractivity contribution in [1.29, 1.82) is 0 Å². The van der Waals surface area contributed by atoms with Crippen molar-refractivity contribution in [3.8, 4) is 10.6 Å². The van der Waals surface area contributed by atoms with E-state index in [1.54, 1.807) is 0 Å². The molecule has 0 bridgehead atoms. The Bertz CT molecular complexity index is 1100. The lowest BCUT2D eigenvalue weighted by Crippen LogP contribution is -2.47. The molecule has 6 nitrogen and oxygen atoms in total. The fourth-order valence-electron chi connectivity index (χ4n) is 3.52. The van der Waals surface area contributed by atoms with Gasteiger partial charge in [-0.1, -0.05) is 91.6 Å². The van der Waals surface area contributed by atoms with Crippen LogP contribution in [0, 0.1) is 5.92 Å². The highest BCUT2D eigenvalue weighted by atomic mass is 79.9. The highest BCUT2D eigenvalue weighted by Crippen LogP contribution is 2.28. The minimum absolute atomic E-state index is 0.0465. The molecule has 0 radical (unpaired) electrons. The Morgan fingerprint density at radius 1 is 1.06 bits per heavy atom. The monoisotopic (exact) mass is 542 g/mol. The fraction of sp³-hybridized carbons (Fsp3) is 0.385. The lowest BCUT2D eigenvalue weighted by Gasteiger charge is -2.23. The van der Waals surface area contributed by atoms with Crippen molar-refractivity contribution in [3.05, 3.63) is 64.1 Å². The van der Waals surface area contributed by atoms with Crippen LogP contribution in [0.2, 0.25) is 0 Å². The van der Waals surface area contributed by atoms with Gasteiger partial charge in [-0.15, -0.1) is 10.2 Å². The summed E-state index contributed by atoms with van der Waals surface area (Å²) in [6.07, 6.45) is 5.29. The van der Waals surface area contributed by atoms with E-state index in [4.69, 9.17) is 0 Å². The molecule has 0 aliphatic heterocycles. The Morgan fingerprint density at radius 2 is 1.82 bits per heavy atom. The summed E-state index contributed by atoms with van der Waals surface area (Å²) in [5, 5.41) is 15.2. The number of aryl methyl sites for hydroxylation is 1. The Balaban J connectivity index is 1.66. The number of amides is 2. The van der Waals surface area contributed by atoms with Crippen LogP contribution in [0.3, 0.4) is 0 Å². The Hall–Kier alpha value is -2.58. The van der Waals surface area contributed by atoms with Gasteiger partial charge in [-0.2, -0.15) is 0 Å². The lowest BCUT2D eigenvalue weighted by molar-refractivity contribution is -0.119. The first-order valence-corrected chi connectivity index (χ1v) is 13.3. The molecule has 1 heterocycles. The molecule has 0 aliphatic carbocycles. The van der Waals surface area contributed by atoms with Crippen molar-refractivity contribution < 1.29 is 9.59 Å². The number of benzene rings is 2. The first kappa shape index (κ1) is 26.0. The summed E-state index contributed by atoms with van der Waals surface area (Å²) in [7, 11) is 0. The molecular weight excluding hydrogens is 512 g/mol. The number of nitrogens with one attached hydrogen (secondary N) is 2. The molecule has 2 aromatic carbocycles. The molecule has 0 saturated heterocycles. The standard InChI is InChI=1S/C26H31BrN4O2S/c1-4-6-7-9-18-12-14-19(15-13-18)23(32)28-22(17(3)5-2)24(33)29-26-31-30-25(34-26)20-10-8-11-21(27)16-20/h8,10-17,22H,4-7,9H2,1-3H3,(H,28,32)(H,29,31,33)/t17-,22-/m1/s1. The van der Waals surface area contributed by atoms with E-state index in [1.165, 1.54) is 29.7 Å². The van der Waals surface area contributed by atoms with Gasteiger partial charge in [0.15, 0.2) is 0 Å². The molecule has 0 saturated carbocycles. The van der Waals surface area contributed by atoms with E-state index < -0.39 is 6.04 Å². The summed E-state index contributed by atoms with van der Waals surface area (Å²) in [6, 6.07) is 14.7. The van der Waals surface area contributed by atoms with E-state index in [2.05, 4.69) is 43.7 Å². The molecule has 0 fully saturated rings. The lowest BCUT2D eigenvalue weighted by atomic mass is 9.97. The zero-order valence-corrected chi connectivity index (χ0v) is 22.2. The van der Waals surface area contributed by atoms with Gasteiger partial charge in [-0.05, 0) is 48.6 Å². The van der Waals surface area contributed by atoms with Gasteiger partial charge in [0.25, 0.3) is 5.91 Å². The number of carbonyl (C=O) groups is 2. The largest absolute Gasteiger partial charge is 0.340 e. The van der Waals surface area contributed by atoms with Gasteiger partial charge in [-0.3, -0.25) is 14.9 Å². The van der Waals surface area contributed by atoms with Crippen LogP contribution >= 0.6 is 27.3 Å². The molecule has 2 N–H and O–H groups in total. The Kier molecular flexibility index (Phi) is 9.77. The van der Waals surface area contributed by atoms with Crippen molar-refractivity contribution in [3.63, 3.8) is 0 Å². The molecular formula is C26H31BrN4O2S. The number of carbonyl (C=O) groups excluding carboxylic acids is 2. The van der Waals surface area contributed by atoms with Crippen LogP contribution in [-0.2, 0) is 11.2 Å². The minimum Gasteiger partial charge on any atom is -0.340 e. The summed E-state index contributed by atoms with van der Waals surface area (Å²) in [5.74, 6) is -0.599. The average molecular weight is 544 g/mol. The summed E-state index contributed by atoms with van der Waals surface area (Å²) in [5.41, 5.74) is 2.68. The third-order valence-corrected chi connectivity index (χ3v) is 7.17. The van der Waals surface area contributed by atoms with E-state index in [9.17, 15) is 9.59 Å². The number of unbranched alkanes of at least 4 members (excludes halogenated alkanes) is 2. The van der Waals surface area contributed by atoms with Gasteiger partial charge in [0.05, 0.1) is 0 Å². The van der Waals surface area contributed by atoms with E-state index in [0.717, 1.165) is 29.3 Å². The molecule has 3 aromatic rings. The molecule has 0 spiro atoms. The fourth-order valence-corrected chi connectivity index (χ4v) is 4.67. The normalized spacial score (nSPS) is 12.7. The van der Waals surface area contributed by atoms with Gasteiger partial charge in [-0.25, -0.2) is 0 Å². The maximum absolute atomic E-state index is 13.1. The van der Waals surface area contributed by atoms with Crippen molar-refractivity contribution >= 4 is 44.2 Å². The number of nitrogens with zero attached hydrogens (tertiary/aromatic N) is 2. The smallest absolute Gasteiger partial charge is 0.251 e. The summed E-state index contributed by atoms with van der Waals surface area (Å²) in [4.78, 5) is 26.0. The Labute approximate surface area is 213 Å². The van der Waals surface area contributed by atoms with E-state index in [0.29, 0.717) is 15.7 Å². The number of aromatic nitrogens is 2. The van der Waals surface area contributed by atoms with Gasteiger partial charge < -0.3 is 5.32 Å². The second-order valence-corrected chi connectivity index (χ2v) is 10.3. The van der Waals surface area contributed by atoms with Crippen LogP contribution in [0.5, 0.6) is 0 Å². The molecule has 2 atom stereocenters. The zero-order chi connectivity index (χ0) is 24.5. The SMILES string of the molecule is CCCCCc1ccc(C(=O)N[C@@H](C(=O)Nc2nnc(-c3cccc(Br)c3)s2)[C@H](C)CC)cc1. The number of hydrogen-bond acceptors (Lipinski definition) is 5. The first-order chi connectivity index (χ1) is 16.4. The molecule has 0 aliphatic rings. The molecule has 2 amide bonds. The predicted octanol–water partition coefficient (Wildman–Crippen LogP) is 6.48. The quantitative estimate of drug-likeness (QED) is 0.271. The second kappa shape index (κ2) is 12.8. The predicted molar refractivity (Wildman–Crippen MR) is 142 cm³/mol. The summed E-state index contributed by atoms with van der Waals surface area (Å²) >= 11 is 4.75. The topological polar surface area (TPSA) is 84.0 Å². The van der Waals surface area contributed by atoms with Crippen LogP contribution in [0.4, 0.5) is 5.13 Å². The number of rotatable bonds is 11. The van der Waals surface area contributed by atoms with Crippen molar-refractivity contribution in [1.82, 2.24) is 15.5 Å².